The third-order valence-corrected chi connectivity index (χ3v) is 3.88. The van der Waals surface area contributed by atoms with Crippen molar-refractivity contribution in [2.75, 3.05) is 24.7 Å². The Morgan fingerprint density at radius 3 is 1.91 bits per heavy atom. The van der Waals surface area contributed by atoms with Crippen molar-refractivity contribution in [3.05, 3.63) is 58.1 Å². The van der Waals surface area contributed by atoms with Gasteiger partial charge in [-0.25, -0.2) is 18.4 Å². The Hall–Kier alpha value is -3.64. The number of carbonyl (C=O) groups excluding carboxylic acids is 2. The van der Waals surface area contributed by atoms with Gasteiger partial charge in [0.05, 0.1) is 16.4 Å². The fourth-order valence-electron chi connectivity index (χ4n) is 1.84. The first-order valence-electron chi connectivity index (χ1n) is 8.56. The molecule has 172 valence electrons. The summed E-state index contributed by atoms with van der Waals surface area (Å²) in [4.78, 5) is 29.6. The number of hydrogen-bond donors (Lipinski definition) is 6. The summed E-state index contributed by atoms with van der Waals surface area (Å²) in [5.74, 6) is -1.21. The van der Waals surface area contributed by atoms with E-state index in [0.717, 1.165) is 12.1 Å². The van der Waals surface area contributed by atoms with Crippen LogP contribution in [0.1, 0.15) is 0 Å². The number of nitrogens with one attached hydrogen (secondary N) is 4. The van der Waals surface area contributed by atoms with Gasteiger partial charge in [-0.1, -0.05) is 23.2 Å². The highest BCUT2D eigenvalue weighted by molar-refractivity contribution is 6.33. The second-order valence-corrected chi connectivity index (χ2v) is 6.47. The second-order valence-electron chi connectivity index (χ2n) is 5.62. The van der Waals surface area contributed by atoms with E-state index in [1.165, 1.54) is 38.4 Å². The molecule has 0 saturated carbocycles. The fraction of sp³-hybridized carbons (Fsp3) is 0.111. The smallest absolute Gasteiger partial charge is 0.326 e. The van der Waals surface area contributed by atoms with Gasteiger partial charge in [0, 0.05) is 19.1 Å². The average Bonchev–Trinajstić information content (AvgIpc) is 2.73. The van der Waals surface area contributed by atoms with Crippen molar-refractivity contribution in [1.82, 2.24) is 10.6 Å². The van der Waals surface area contributed by atoms with Crippen LogP contribution in [0.5, 0.6) is 0 Å². The van der Waals surface area contributed by atoms with Gasteiger partial charge in [0.15, 0.2) is 11.9 Å². The van der Waals surface area contributed by atoms with Crippen molar-refractivity contribution >= 4 is 58.6 Å². The maximum Gasteiger partial charge on any atom is 0.326 e. The predicted molar refractivity (Wildman–Crippen MR) is 122 cm³/mol. The van der Waals surface area contributed by atoms with Gasteiger partial charge in [0.1, 0.15) is 11.6 Å². The first-order valence-corrected chi connectivity index (χ1v) is 9.32. The van der Waals surface area contributed by atoms with Gasteiger partial charge in [0.25, 0.3) is 0 Å². The molecule has 0 unspecified atom stereocenters. The van der Waals surface area contributed by atoms with E-state index in [0.29, 0.717) is 5.02 Å². The number of halogens is 4. The number of guanidine groups is 2. The number of rotatable bonds is 2. The van der Waals surface area contributed by atoms with Gasteiger partial charge in [0.2, 0.25) is 0 Å². The molecule has 0 bridgehead atoms. The highest BCUT2D eigenvalue weighted by Crippen LogP contribution is 2.22. The molecule has 14 heteroatoms. The SMILES string of the molecule is CN=C(N)NC(=O)Nc1cc(Cl)ccc1F.CN=C(N)NC(=O)Nc1cc(F)ccc1Cl. The van der Waals surface area contributed by atoms with Crippen LogP contribution in [-0.4, -0.2) is 38.1 Å². The largest absolute Gasteiger partial charge is 0.370 e. The van der Waals surface area contributed by atoms with Gasteiger partial charge in [-0.2, -0.15) is 0 Å². The van der Waals surface area contributed by atoms with E-state index in [-0.39, 0.29) is 28.3 Å². The van der Waals surface area contributed by atoms with Crippen LogP contribution >= 0.6 is 23.2 Å². The summed E-state index contributed by atoms with van der Waals surface area (Å²) in [6.45, 7) is 0. The highest BCUT2D eigenvalue weighted by Gasteiger charge is 2.08. The molecule has 4 amide bonds. The molecule has 0 aliphatic carbocycles. The maximum absolute atomic E-state index is 13.2. The molecule has 2 aromatic carbocycles. The predicted octanol–water partition coefficient (Wildman–Crippen LogP) is 3.09. The van der Waals surface area contributed by atoms with E-state index in [1.807, 2.05) is 0 Å². The van der Waals surface area contributed by atoms with E-state index < -0.39 is 23.7 Å². The number of carbonyl (C=O) groups is 2. The molecule has 0 fully saturated rings. The van der Waals surface area contributed by atoms with E-state index >= 15 is 0 Å². The summed E-state index contributed by atoms with van der Waals surface area (Å²) < 4.78 is 26.0. The highest BCUT2D eigenvalue weighted by atomic mass is 35.5. The lowest BCUT2D eigenvalue weighted by Crippen LogP contribution is -2.39. The van der Waals surface area contributed by atoms with E-state index in [9.17, 15) is 18.4 Å². The Labute approximate surface area is 192 Å². The van der Waals surface area contributed by atoms with E-state index in [1.54, 1.807) is 0 Å². The zero-order valence-electron chi connectivity index (χ0n) is 16.8. The molecule has 0 aromatic heterocycles. The summed E-state index contributed by atoms with van der Waals surface area (Å²) in [7, 11) is 2.83. The summed E-state index contributed by atoms with van der Waals surface area (Å²) in [5.41, 5.74) is 10.6. The molecule has 2 rings (SSSR count). The van der Waals surface area contributed by atoms with E-state index in [2.05, 4.69) is 31.3 Å². The topological polar surface area (TPSA) is 159 Å². The minimum Gasteiger partial charge on any atom is -0.370 e. The van der Waals surface area contributed by atoms with Gasteiger partial charge in [-0.15, -0.1) is 0 Å². The molecular formula is C18H20Cl2F2N8O2. The quantitative estimate of drug-likeness (QED) is 0.283. The van der Waals surface area contributed by atoms with Gasteiger partial charge in [-0.3, -0.25) is 20.6 Å². The van der Waals surface area contributed by atoms with Crippen LogP contribution in [0.2, 0.25) is 10.0 Å². The lowest BCUT2D eigenvalue weighted by molar-refractivity contribution is 0.255. The first kappa shape index (κ1) is 26.4. The summed E-state index contributed by atoms with van der Waals surface area (Å²) in [6, 6.07) is 6.10. The van der Waals surface area contributed by atoms with Crippen molar-refractivity contribution < 1.29 is 18.4 Å². The Kier molecular flexibility index (Phi) is 10.7. The Balaban J connectivity index is 0.000000320. The van der Waals surface area contributed by atoms with Gasteiger partial charge in [-0.05, 0) is 36.4 Å². The number of urea groups is 2. The summed E-state index contributed by atoms with van der Waals surface area (Å²) in [6.07, 6.45) is 0. The number of hydrogen-bond acceptors (Lipinski definition) is 4. The number of aliphatic imine (C=N–C) groups is 2. The molecule has 10 nitrogen and oxygen atoms in total. The van der Waals surface area contributed by atoms with Gasteiger partial charge >= 0.3 is 12.1 Å². The number of nitrogens with two attached hydrogens (primary N) is 2. The van der Waals surface area contributed by atoms with Crippen LogP contribution in [0.15, 0.2) is 46.4 Å². The third kappa shape index (κ3) is 9.45. The van der Waals surface area contributed by atoms with Crippen LogP contribution in [0, 0.1) is 11.6 Å². The molecule has 0 radical (unpaired) electrons. The normalized spacial score (nSPS) is 11.1. The summed E-state index contributed by atoms with van der Waals surface area (Å²) in [5, 5.41) is 9.53. The minimum absolute atomic E-state index is 0.0334. The molecule has 8 N–H and O–H groups in total. The molecule has 32 heavy (non-hydrogen) atoms. The first-order chi connectivity index (χ1) is 15.0. The molecule has 0 saturated heterocycles. The number of anilines is 2. The van der Waals surface area contributed by atoms with Crippen LogP contribution in [-0.2, 0) is 0 Å². The van der Waals surface area contributed by atoms with Crippen molar-refractivity contribution in [2.24, 2.45) is 21.5 Å². The van der Waals surface area contributed by atoms with Crippen molar-refractivity contribution in [2.45, 2.75) is 0 Å². The lowest BCUT2D eigenvalue weighted by atomic mass is 10.3. The molecule has 0 heterocycles. The molecule has 0 spiro atoms. The van der Waals surface area contributed by atoms with Crippen LogP contribution in [0.4, 0.5) is 29.7 Å². The minimum atomic E-state index is -0.690. The zero-order chi connectivity index (χ0) is 24.3. The summed E-state index contributed by atoms with van der Waals surface area (Å²) >= 11 is 11.4. The molecule has 0 aliphatic rings. The molecule has 0 atom stereocenters. The molecular weight excluding hydrogens is 469 g/mol. The Morgan fingerprint density at radius 1 is 0.844 bits per heavy atom. The Bertz CT molecular complexity index is 953. The molecule has 0 aliphatic heterocycles. The standard InChI is InChI=1S/2C9H10ClFN4O/c1-13-8(12)15-9(16)14-7-4-5(11)2-3-6(7)10;1-13-8(12)15-9(16)14-7-4-5(10)2-3-6(7)11/h2*2-4H,1H3,(H4,12,13,14,15,16). The van der Waals surface area contributed by atoms with Crippen LogP contribution in [0.3, 0.4) is 0 Å². The average molecular weight is 489 g/mol. The lowest BCUT2D eigenvalue weighted by Gasteiger charge is -2.08. The van der Waals surface area contributed by atoms with E-state index in [4.69, 9.17) is 34.7 Å². The monoisotopic (exact) mass is 488 g/mol. The van der Waals surface area contributed by atoms with Gasteiger partial charge < -0.3 is 22.1 Å². The van der Waals surface area contributed by atoms with Crippen molar-refractivity contribution in [3.63, 3.8) is 0 Å². The number of benzene rings is 2. The van der Waals surface area contributed by atoms with Crippen molar-refractivity contribution in [1.29, 1.82) is 0 Å². The third-order valence-electron chi connectivity index (χ3n) is 3.32. The maximum atomic E-state index is 13.2. The van der Waals surface area contributed by atoms with Crippen LogP contribution in [0.25, 0.3) is 0 Å². The molecule has 2 aromatic rings. The number of nitrogens with zero attached hydrogens (tertiary/aromatic N) is 2. The zero-order valence-corrected chi connectivity index (χ0v) is 18.4. The van der Waals surface area contributed by atoms with Crippen LogP contribution < -0.4 is 32.7 Å². The second kappa shape index (κ2) is 12.9. The fourth-order valence-corrected chi connectivity index (χ4v) is 2.18. The Morgan fingerprint density at radius 2 is 1.38 bits per heavy atom. The van der Waals surface area contributed by atoms with Crippen molar-refractivity contribution in [3.8, 4) is 0 Å². The number of amides is 4.